The Labute approximate surface area is 220 Å². The number of carbonyl (C=O) groups is 1. The predicted molar refractivity (Wildman–Crippen MR) is 151 cm³/mol. The van der Waals surface area contributed by atoms with Crippen LogP contribution >= 0.6 is 0 Å². The number of amides is 1. The molecule has 1 heterocycles. The topological polar surface area (TPSA) is 56.1 Å². The average molecular weight is 498 g/mol. The highest BCUT2D eigenvalue weighted by Gasteiger charge is 2.19. The first-order valence-corrected chi connectivity index (χ1v) is 13.4. The lowest BCUT2D eigenvalue weighted by molar-refractivity contribution is 0.0937. The first-order valence-electron chi connectivity index (χ1n) is 13.4. The van der Waals surface area contributed by atoms with Gasteiger partial charge in [0.2, 0.25) is 0 Å². The van der Waals surface area contributed by atoms with Crippen molar-refractivity contribution in [2.75, 3.05) is 6.61 Å². The van der Waals surface area contributed by atoms with Gasteiger partial charge in [-0.25, -0.2) is 4.98 Å². The molecule has 1 N–H and O–H groups in total. The lowest BCUT2D eigenvalue weighted by Crippen LogP contribution is -2.29. The minimum absolute atomic E-state index is 0.0728. The van der Waals surface area contributed by atoms with E-state index >= 15 is 0 Å². The monoisotopic (exact) mass is 497 g/mol. The number of para-hydroxylation sites is 2. The van der Waals surface area contributed by atoms with Gasteiger partial charge in [-0.15, -0.1) is 0 Å². The number of nitrogens with one attached hydrogen (secondary N) is 1. The van der Waals surface area contributed by atoms with E-state index in [1.165, 1.54) is 5.56 Å². The van der Waals surface area contributed by atoms with E-state index in [4.69, 9.17) is 9.72 Å². The van der Waals surface area contributed by atoms with Crippen molar-refractivity contribution in [2.45, 2.75) is 72.4 Å². The van der Waals surface area contributed by atoms with Gasteiger partial charge in [-0.2, -0.15) is 0 Å². The zero-order valence-electron chi connectivity index (χ0n) is 22.8. The molecule has 0 radical (unpaired) electrons. The van der Waals surface area contributed by atoms with Crippen LogP contribution in [0.15, 0.2) is 66.7 Å². The van der Waals surface area contributed by atoms with Crippen molar-refractivity contribution in [2.24, 2.45) is 0 Å². The Hall–Kier alpha value is -3.60. The third-order valence-electron chi connectivity index (χ3n) is 7.15. The maximum atomic E-state index is 13.0. The molecular weight excluding hydrogens is 458 g/mol. The average Bonchev–Trinajstić information content (AvgIpc) is 3.27. The maximum absolute atomic E-state index is 13.0. The van der Waals surface area contributed by atoms with Gasteiger partial charge < -0.3 is 14.6 Å². The minimum atomic E-state index is -0.221. The Morgan fingerprint density at radius 3 is 2.49 bits per heavy atom. The van der Waals surface area contributed by atoms with Crippen molar-refractivity contribution in [3.8, 4) is 5.75 Å². The molecular formula is C32H39N3O2. The molecule has 4 rings (SSSR count). The van der Waals surface area contributed by atoms with Crippen molar-refractivity contribution < 1.29 is 9.53 Å². The summed E-state index contributed by atoms with van der Waals surface area (Å²) in [7, 11) is 0. The number of hydrogen-bond donors (Lipinski definition) is 1. The Kier molecular flexibility index (Phi) is 8.65. The van der Waals surface area contributed by atoms with Crippen molar-refractivity contribution in [1.29, 1.82) is 0 Å². The van der Waals surface area contributed by atoms with Gasteiger partial charge >= 0.3 is 0 Å². The molecule has 1 aromatic heterocycles. The number of aryl methyl sites for hydroxylation is 3. The lowest BCUT2D eigenvalue weighted by atomic mass is 9.99. The Bertz CT molecular complexity index is 1340. The first kappa shape index (κ1) is 26.5. The SMILES string of the molecule is CCC(C)c1ccc(OCCCCn2c(C(C)NC(=O)c3ccc(C)cc3C)nc3ccccc32)cc1. The molecule has 3 aromatic carbocycles. The Morgan fingerprint density at radius 2 is 1.76 bits per heavy atom. The number of fused-ring (bicyclic) bond motifs is 1. The van der Waals surface area contributed by atoms with Gasteiger partial charge in [-0.3, -0.25) is 4.79 Å². The molecule has 0 spiro atoms. The summed E-state index contributed by atoms with van der Waals surface area (Å²) < 4.78 is 8.24. The number of ether oxygens (including phenoxy) is 1. The van der Waals surface area contributed by atoms with Crippen molar-refractivity contribution in [3.05, 3.63) is 94.8 Å². The molecule has 1 amide bonds. The summed E-state index contributed by atoms with van der Waals surface area (Å²) in [5, 5.41) is 3.17. The van der Waals surface area contributed by atoms with Crippen LogP contribution in [0.3, 0.4) is 0 Å². The largest absolute Gasteiger partial charge is 0.494 e. The summed E-state index contributed by atoms with van der Waals surface area (Å²) in [5.41, 5.74) is 6.22. The van der Waals surface area contributed by atoms with Gasteiger partial charge in [-0.05, 0) is 87.4 Å². The van der Waals surface area contributed by atoms with E-state index in [0.717, 1.165) is 59.5 Å². The molecule has 5 heteroatoms. The number of rotatable bonds is 11. The fourth-order valence-corrected chi connectivity index (χ4v) is 4.76. The minimum Gasteiger partial charge on any atom is -0.494 e. The van der Waals surface area contributed by atoms with Crippen LogP contribution in [-0.2, 0) is 6.54 Å². The standard InChI is InChI=1S/C32H39N3O2/c1-6-23(3)26-14-16-27(17-15-26)37-20-10-9-19-35-30-12-8-7-11-29(30)34-31(35)25(5)33-32(36)28-18-13-22(2)21-24(28)4/h7-8,11-18,21,23,25H,6,9-10,19-20H2,1-5H3,(H,33,36). The molecule has 0 aliphatic carbocycles. The Balaban J connectivity index is 1.39. The summed E-state index contributed by atoms with van der Waals surface area (Å²) in [6, 6.07) is 22.3. The van der Waals surface area contributed by atoms with Crippen molar-refractivity contribution in [1.82, 2.24) is 14.9 Å². The molecule has 194 valence electrons. The molecule has 0 saturated heterocycles. The molecule has 0 fully saturated rings. The molecule has 0 aliphatic rings. The van der Waals surface area contributed by atoms with E-state index in [1.807, 2.05) is 57.2 Å². The third kappa shape index (κ3) is 6.40. The highest BCUT2D eigenvalue weighted by atomic mass is 16.5. The summed E-state index contributed by atoms with van der Waals surface area (Å²) >= 11 is 0. The quantitative estimate of drug-likeness (QED) is 0.218. The van der Waals surface area contributed by atoms with Crippen LogP contribution in [-0.4, -0.2) is 22.1 Å². The normalized spacial score (nSPS) is 12.9. The molecule has 2 atom stereocenters. The van der Waals surface area contributed by atoms with Crippen LogP contribution in [0.1, 0.15) is 84.9 Å². The van der Waals surface area contributed by atoms with Crippen LogP contribution in [0.5, 0.6) is 5.75 Å². The Morgan fingerprint density at radius 1 is 1.00 bits per heavy atom. The number of aromatic nitrogens is 2. The van der Waals surface area contributed by atoms with Crippen LogP contribution in [0.25, 0.3) is 11.0 Å². The van der Waals surface area contributed by atoms with Gasteiger partial charge in [-0.1, -0.05) is 55.8 Å². The summed E-state index contributed by atoms with van der Waals surface area (Å²) in [6.45, 7) is 12.0. The number of carbonyl (C=O) groups excluding carboxylic acids is 1. The highest BCUT2D eigenvalue weighted by molar-refractivity contribution is 5.96. The zero-order valence-corrected chi connectivity index (χ0v) is 22.8. The van der Waals surface area contributed by atoms with E-state index in [9.17, 15) is 4.79 Å². The van der Waals surface area contributed by atoms with E-state index in [0.29, 0.717) is 18.1 Å². The smallest absolute Gasteiger partial charge is 0.252 e. The second-order valence-corrected chi connectivity index (χ2v) is 10.1. The number of nitrogens with zero attached hydrogens (tertiary/aromatic N) is 2. The molecule has 0 bridgehead atoms. The van der Waals surface area contributed by atoms with Crippen LogP contribution < -0.4 is 10.1 Å². The molecule has 0 aliphatic heterocycles. The second kappa shape index (κ2) is 12.1. The lowest BCUT2D eigenvalue weighted by Gasteiger charge is -2.17. The maximum Gasteiger partial charge on any atom is 0.252 e. The third-order valence-corrected chi connectivity index (χ3v) is 7.15. The molecule has 37 heavy (non-hydrogen) atoms. The predicted octanol–water partition coefficient (Wildman–Crippen LogP) is 7.52. The van der Waals surface area contributed by atoms with E-state index in [2.05, 4.69) is 54.1 Å². The number of imidazole rings is 1. The fraction of sp³-hybridized carbons (Fsp3) is 0.375. The molecule has 2 unspecified atom stereocenters. The molecule has 0 saturated carbocycles. The number of unbranched alkanes of at least 4 members (excludes halogenated alkanes) is 1. The summed E-state index contributed by atoms with van der Waals surface area (Å²) in [6.07, 6.45) is 3.03. The van der Waals surface area contributed by atoms with Crippen molar-refractivity contribution in [3.63, 3.8) is 0 Å². The molecule has 4 aromatic rings. The van der Waals surface area contributed by atoms with Gasteiger partial charge in [0.1, 0.15) is 11.6 Å². The van der Waals surface area contributed by atoms with Crippen LogP contribution in [0.4, 0.5) is 0 Å². The van der Waals surface area contributed by atoms with E-state index in [-0.39, 0.29) is 11.9 Å². The first-order chi connectivity index (χ1) is 17.9. The number of hydrogen-bond acceptors (Lipinski definition) is 3. The van der Waals surface area contributed by atoms with Gasteiger partial charge in [0.05, 0.1) is 23.7 Å². The van der Waals surface area contributed by atoms with Crippen LogP contribution in [0, 0.1) is 13.8 Å². The van der Waals surface area contributed by atoms with Crippen molar-refractivity contribution >= 4 is 16.9 Å². The summed E-state index contributed by atoms with van der Waals surface area (Å²) in [4.78, 5) is 17.9. The van der Waals surface area contributed by atoms with E-state index in [1.54, 1.807) is 0 Å². The second-order valence-electron chi connectivity index (χ2n) is 10.1. The van der Waals surface area contributed by atoms with Gasteiger partial charge in [0.15, 0.2) is 0 Å². The van der Waals surface area contributed by atoms with Crippen LogP contribution in [0.2, 0.25) is 0 Å². The van der Waals surface area contributed by atoms with Gasteiger partial charge in [0, 0.05) is 12.1 Å². The molecule has 5 nitrogen and oxygen atoms in total. The zero-order chi connectivity index (χ0) is 26.4. The van der Waals surface area contributed by atoms with Gasteiger partial charge in [0.25, 0.3) is 5.91 Å². The summed E-state index contributed by atoms with van der Waals surface area (Å²) in [5.74, 6) is 2.29. The number of benzene rings is 3. The highest BCUT2D eigenvalue weighted by Crippen LogP contribution is 2.24. The fourth-order valence-electron chi connectivity index (χ4n) is 4.76. The van der Waals surface area contributed by atoms with E-state index < -0.39 is 0 Å².